The van der Waals surface area contributed by atoms with Crippen LogP contribution in [0.15, 0.2) is 91.3 Å². The summed E-state index contributed by atoms with van der Waals surface area (Å²) in [6.07, 6.45) is 0. The lowest BCUT2D eigenvalue weighted by Gasteiger charge is -2.47. The minimum atomic E-state index is -1.54. The summed E-state index contributed by atoms with van der Waals surface area (Å²) in [6, 6.07) is 23.8. The van der Waals surface area contributed by atoms with Gasteiger partial charge in [0.15, 0.2) is 0 Å². The number of anilines is 1. The van der Waals surface area contributed by atoms with Crippen molar-refractivity contribution in [2.75, 3.05) is 31.1 Å². The summed E-state index contributed by atoms with van der Waals surface area (Å²) in [5, 5.41) is 16.4. The molecular weight excluding hydrogens is 458 g/mol. The van der Waals surface area contributed by atoms with Crippen molar-refractivity contribution in [2.45, 2.75) is 5.54 Å². The number of hydrogen-bond donors (Lipinski definition) is 2. The molecule has 2 aliphatic rings. The summed E-state index contributed by atoms with van der Waals surface area (Å²) < 4.78 is 0. The molecule has 36 heavy (non-hydrogen) atoms. The molecule has 3 aromatic rings. The van der Waals surface area contributed by atoms with Crippen LogP contribution >= 0.6 is 0 Å². The Kier molecular flexibility index (Phi) is 5.99. The third-order valence-corrected chi connectivity index (χ3v) is 6.78. The zero-order valence-electron chi connectivity index (χ0n) is 19.5. The van der Waals surface area contributed by atoms with E-state index in [0.29, 0.717) is 31.7 Å². The third-order valence-electron chi connectivity index (χ3n) is 6.78. The standard InChI is InChI=1S/C27H25N5O4/c1-19-28-25(33)27(26(34)29-19,22-9-7-21(8-10-22)20-5-3-2-4-6-20)31-17-15-30(16-18-31)23-11-13-24(14-12-23)32(35)36/h2-14H,1,15-18H2,(H,28,33)(H,29,34). The van der Waals surface area contributed by atoms with Crippen molar-refractivity contribution in [3.8, 4) is 11.1 Å². The van der Waals surface area contributed by atoms with Gasteiger partial charge in [0.1, 0.15) is 5.82 Å². The molecule has 182 valence electrons. The largest absolute Gasteiger partial charge is 0.369 e. The minimum Gasteiger partial charge on any atom is -0.369 e. The van der Waals surface area contributed by atoms with Gasteiger partial charge in [-0.2, -0.15) is 0 Å². The normalized spacial score (nSPS) is 17.9. The molecule has 0 unspecified atom stereocenters. The van der Waals surface area contributed by atoms with Crippen molar-refractivity contribution >= 4 is 23.2 Å². The van der Waals surface area contributed by atoms with Crippen molar-refractivity contribution in [3.63, 3.8) is 0 Å². The van der Waals surface area contributed by atoms with Crippen LogP contribution in [0.25, 0.3) is 11.1 Å². The molecule has 2 heterocycles. The molecule has 0 radical (unpaired) electrons. The topological polar surface area (TPSA) is 108 Å². The zero-order chi connectivity index (χ0) is 25.3. The van der Waals surface area contributed by atoms with Gasteiger partial charge >= 0.3 is 0 Å². The molecule has 2 N–H and O–H groups in total. The van der Waals surface area contributed by atoms with E-state index in [1.807, 2.05) is 59.5 Å². The SMILES string of the molecule is C=C1NC(=O)C(c2ccc(-c3ccccc3)cc2)(N2CCN(c3ccc([N+](=O)[O-])cc3)CC2)C(=O)N1. The Bertz CT molecular complexity index is 1290. The number of nitro benzene ring substituents is 1. The highest BCUT2D eigenvalue weighted by Gasteiger charge is 2.55. The van der Waals surface area contributed by atoms with E-state index >= 15 is 0 Å². The summed E-state index contributed by atoms with van der Waals surface area (Å²) in [7, 11) is 0. The maximum absolute atomic E-state index is 13.5. The van der Waals surface area contributed by atoms with E-state index in [1.54, 1.807) is 12.1 Å². The second-order valence-corrected chi connectivity index (χ2v) is 8.79. The number of nitro groups is 1. The van der Waals surface area contributed by atoms with Crippen molar-refractivity contribution in [2.24, 2.45) is 0 Å². The monoisotopic (exact) mass is 483 g/mol. The molecule has 2 fully saturated rings. The fourth-order valence-electron chi connectivity index (χ4n) is 4.94. The number of carbonyl (C=O) groups is 2. The predicted octanol–water partition coefficient (Wildman–Crippen LogP) is 3.00. The fourth-order valence-corrected chi connectivity index (χ4v) is 4.94. The number of amides is 2. The van der Waals surface area contributed by atoms with E-state index < -0.39 is 22.3 Å². The molecule has 0 spiro atoms. The Morgan fingerprint density at radius 1 is 0.778 bits per heavy atom. The number of piperazine rings is 1. The first-order valence-electron chi connectivity index (χ1n) is 11.6. The van der Waals surface area contributed by atoms with E-state index in [4.69, 9.17) is 0 Å². The number of carbonyl (C=O) groups excluding carboxylic acids is 2. The third kappa shape index (κ3) is 3.99. The van der Waals surface area contributed by atoms with E-state index in [9.17, 15) is 19.7 Å². The van der Waals surface area contributed by atoms with Gasteiger partial charge in [-0.15, -0.1) is 0 Å². The smallest absolute Gasteiger partial charge is 0.269 e. The lowest BCUT2D eigenvalue weighted by molar-refractivity contribution is -0.384. The molecular formula is C27H25N5O4. The zero-order valence-corrected chi connectivity index (χ0v) is 19.5. The maximum Gasteiger partial charge on any atom is 0.269 e. The Labute approximate surface area is 208 Å². The van der Waals surface area contributed by atoms with Gasteiger partial charge in [0.2, 0.25) is 5.54 Å². The van der Waals surface area contributed by atoms with Gasteiger partial charge in [-0.25, -0.2) is 0 Å². The van der Waals surface area contributed by atoms with Gasteiger partial charge in [0, 0.05) is 44.0 Å². The molecule has 5 rings (SSSR count). The van der Waals surface area contributed by atoms with Crippen molar-refractivity contribution in [1.29, 1.82) is 0 Å². The van der Waals surface area contributed by atoms with Crippen LogP contribution in [0, 0.1) is 10.1 Å². The second-order valence-electron chi connectivity index (χ2n) is 8.79. The van der Waals surface area contributed by atoms with Gasteiger partial charge in [-0.05, 0) is 28.8 Å². The minimum absolute atomic E-state index is 0.0334. The molecule has 0 atom stereocenters. The molecule has 2 saturated heterocycles. The maximum atomic E-state index is 13.5. The molecule has 3 aromatic carbocycles. The van der Waals surface area contributed by atoms with Crippen molar-refractivity contribution < 1.29 is 14.5 Å². The molecule has 0 aromatic heterocycles. The Morgan fingerprint density at radius 2 is 1.33 bits per heavy atom. The van der Waals surface area contributed by atoms with Gasteiger partial charge < -0.3 is 15.5 Å². The van der Waals surface area contributed by atoms with E-state index in [-0.39, 0.29) is 11.5 Å². The second kappa shape index (κ2) is 9.27. The highest BCUT2D eigenvalue weighted by molar-refractivity contribution is 6.13. The summed E-state index contributed by atoms with van der Waals surface area (Å²) in [6.45, 7) is 5.67. The van der Waals surface area contributed by atoms with Gasteiger partial charge in [0.05, 0.1) is 4.92 Å². The molecule has 0 bridgehead atoms. The molecule has 2 amide bonds. The number of non-ortho nitro benzene ring substituents is 1. The van der Waals surface area contributed by atoms with Crippen LogP contribution in [0.3, 0.4) is 0 Å². The quantitative estimate of drug-likeness (QED) is 0.328. The predicted molar refractivity (Wildman–Crippen MR) is 136 cm³/mol. The summed E-state index contributed by atoms with van der Waals surface area (Å²) >= 11 is 0. The van der Waals surface area contributed by atoms with Crippen LogP contribution in [0.4, 0.5) is 11.4 Å². The molecule has 9 nitrogen and oxygen atoms in total. The number of hydrogen-bond acceptors (Lipinski definition) is 6. The Balaban J connectivity index is 1.44. The summed E-state index contributed by atoms with van der Waals surface area (Å²) in [4.78, 5) is 41.5. The van der Waals surface area contributed by atoms with Crippen LogP contribution in [0.5, 0.6) is 0 Å². The van der Waals surface area contributed by atoms with Gasteiger partial charge in [-0.1, -0.05) is 61.2 Å². The lowest BCUT2D eigenvalue weighted by atomic mass is 9.83. The first kappa shape index (κ1) is 23.3. The molecule has 2 aliphatic heterocycles. The van der Waals surface area contributed by atoms with Crippen LogP contribution in [-0.2, 0) is 15.1 Å². The van der Waals surface area contributed by atoms with Crippen LogP contribution in [-0.4, -0.2) is 47.8 Å². The Morgan fingerprint density at radius 3 is 1.89 bits per heavy atom. The average molecular weight is 484 g/mol. The molecule has 0 aliphatic carbocycles. The van der Waals surface area contributed by atoms with Crippen LogP contribution in [0.2, 0.25) is 0 Å². The summed E-state index contributed by atoms with van der Waals surface area (Å²) in [5.74, 6) is -0.717. The van der Waals surface area contributed by atoms with Crippen molar-refractivity contribution in [3.05, 3.63) is 107 Å². The van der Waals surface area contributed by atoms with Gasteiger partial charge in [-0.3, -0.25) is 24.6 Å². The first-order chi connectivity index (χ1) is 17.4. The molecule has 0 saturated carbocycles. The fraction of sp³-hybridized carbons (Fsp3) is 0.185. The molecule has 9 heteroatoms. The first-order valence-corrected chi connectivity index (χ1v) is 11.6. The van der Waals surface area contributed by atoms with E-state index in [1.165, 1.54) is 12.1 Å². The number of benzene rings is 3. The van der Waals surface area contributed by atoms with Crippen LogP contribution in [0.1, 0.15) is 5.56 Å². The number of nitrogens with one attached hydrogen (secondary N) is 2. The lowest BCUT2D eigenvalue weighted by Crippen LogP contribution is -2.70. The number of rotatable bonds is 5. The highest BCUT2D eigenvalue weighted by Crippen LogP contribution is 2.35. The highest BCUT2D eigenvalue weighted by atomic mass is 16.6. The van der Waals surface area contributed by atoms with Crippen LogP contribution < -0.4 is 15.5 Å². The number of nitrogens with zero attached hydrogens (tertiary/aromatic N) is 3. The van der Waals surface area contributed by atoms with E-state index in [2.05, 4.69) is 22.1 Å². The van der Waals surface area contributed by atoms with Crippen molar-refractivity contribution in [1.82, 2.24) is 15.5 Å². The summed E-state index contributed by atoms with van der Waals surface area (Å²) in [5.41, 5.74) is 1.95. The van der Waals surface area contributed by atoms with Gasteiger partial charge in [0.25, 0.3) is 17.5 Å². The van der Waals surface area contributed by atoms with E-state index in [0.717, 1.165) is 16.8 Å². The Hall–Kier alpha value is -4.50. The average Bonchev–Trinajstić information content (AvgIpc) is 2.90.